The van der Waals surface area contributed by atoms with Crippen molar-refractivity contribution in [3.63, 3.8) is 0 Å². The minimum atomic E-state index is -0.190. The summed E-state index contributed by atoms with van der Waals surface area (Å²) in [6.45, 7) is 9.24. The summed E-state index contributed by atoms with van der Waals surface area (Å²) in [5.41, 5.74) is -0.190. The first-order valence-corrected chi connectivity index (χ1v) is 5.00. The fourth-order valence-corrected chi connectivity index (χ4v) is 1.13. The maximum atomic E-state index is 5.32. The Balaban J connectivity index is 2.57. The van der Waals surface area contributed by atoms with Crippen LogP contribution in [0.25, 0.3) is 0 Å². The smallest absolute Gasteiger partial charge is 0.203 e. The number of nitrogens with zero attached hydrogens (tertiary/aromatic N) is 2. The summed E-state index contributed by atoms with van der Waals surface area (Å²) in [5, 5.41) is 3.25. The molecule has 84 valence electrons. The van der Waals surface area contributed by atoms with Crippen molar-refractivity contribution in [2.24, 2.45) is 0 Å². The van der Waals surface area contributed by atoms with Crippen LogP contribution in [0.3, 0.4) is 0 Å². The van der Waals surface area contributed by atoms with Crippen molar-refractivity contribution in [2.75, 3.05) is 19.0 Å². The Bertz CT molecular complexity index is 317. The highest BCUT2D eigenvalue weighted by Gasteiger charge is 2.16. The Morgan fingerprint density at radius 3 is 3.00 bits per heavy atom. The van der Waals surface area contributed by atoms with E-state index >= 15 is 0 Å². The van der Waals surface area contributed by atoms with E-state index in [1.807, 2.05) is 30.7 Å². The Morgan fingerprint density at radius 2 is 2.40 bits per heavy atom. The van der Waals surface area contributed by atoms with Crippen LogP contribution in [0.4, 0.5) is 5.95 Å². The average Bonchev–Trinajstić information content (AvgIpc) is 2.64. The molecule has 0 saturated carbocycles. The van der Waals surface area contributed by atoms with Crippen LogP contribution in [0, 0.1) is 0 Å². The molecule has 1 aromatic rings. The second-order valence-electron chi connectivity index (χ2n) is 4.01. The molecule has 0 atom stereocenters. The zero-order valence-corrected chi connectivity index (χ0v) is 9.66. The Hall–Kier alpha value is -1.29. The molecule has 4 heteroatoms. The van der Waals surface area contributed by atoms with E-state index in [-0.39, 0.29) is 5.60 Å². The highest BCUT2D eigenvalue weighted by Crippen LogP contribution is 2.10. The largest absolute Gasteiger partial charge is 0.377 e. The third-order valence-electron chi connectivity index (χ3n) is 2.27. The van der Waals surface area contributed by atoms with Crippen LogP contribution in [-0.4, -0.2) is 28.8 Å². The van der Waals surface area contributed by atoms with Crippen LogP contribution in [0.15, 0.2) is 25.0 Å². The van der Waals surface area contributed by atoms with E-state index in [4.69, 9.17) is 4.74 Å². The van der Waals surface area contributed by atoms with Gasteiger partial charge >= 0.3 is 0 Å². The summed E-state index contributed by atoms with van der Waals surface area (Å²) < 4.78 is 7.31. The molecule has 0 bridgehead atoms. The molecule has 0 saturated heterocycles. The molecule has 15 heavy (non-hydrogen) atoms. The van der Waals surface area contributed by atoms with E-state index in [0.29, 0.717) is 0 Å². The van der Waals surface area contributed by atoms with E-state index in [1.165, 1.54) is 0 Å². The SMILES string of the molecule is C=CCn1ccnc1NCC(C)(C)OC. The third kappa shape index (κ3) is 3.40. The number of hydrogen-bond donors (Lipinski definition) is 1. The predicted molar refractivity (Wildman–Crippen MR) is 62.0 cm³/mol. The molecule has 1 heterocycles. The molecule has 4 nitrogen and oxygen atoms in total. The summed E-state index contributed by atoms with van der Waals surface area (Å²) >= 11 is 0. The van der Waals surface area contributed by atoms with Gasteiger partial charge in [0, 0.05) is 32.6 Å². The Morgan fingerprint density at radius 1 is 1.67 bits per heavy atom. The first kappa shape index (κ1) is 11.8. The minimum Gasteiger partial charge on any atom is -0.377 e. The van der Waals surface area contributed by atoms with Gasteiger partial charge in [0.15, 0.2) is 0 Å². The minimum absolute atomic E-state index is 0.190. The van der Waals surface area contributed by atoms with Crippen molar-refractivity contribution in [2.45, 2.75) is 26.0 Å². The fraction of sp³-hybridized carbons (Fsp3) is 0.545. The van der Waals surface area contributed by atoms with Gasteiger partial charge in [0.05, 0.1) is 5.60 Å². The molecule has 0 spiro atoms. The standard InChI is InChI=1S/C11H19N3O/c1-5-7-14-8-6-12-10(14)13-9-11(2,3)15-4/h5-6,8H,1,7,9H2,2-4H3,(H,12,13). The molecule has 1 rings (SSSR count). The number of hydrogen-bond acceptors (Lipinski definition) is 3. The van der Waals surface area contributed by atoms with Crippen molar-refractivity contribution in [3.8, 4) is 0 Å². The van der Waals surface area contributed by atoms with E-state index in [2.05, 4.69) is 16.9 Å². The van der Waals surface area contributed by atoms with Gasteiger partial charge in [0.25, 0.3) is 0 Å². The molecule has 0 aliphatic rings. The molecule has 0 amide bonds. The molecule has 0 aliphatic carbocycles. The van der Waals surface area contributed by atoms with Crippen molar-refractivity contribution in [1.29, 1.82) is 0 Å². The summed E-state index contributed by atoms with van der Waals surface area (Å²) in [4.78, 5) is 4.22. The van der Waals surface area contributed by atoms with Gasteiger partial charge in [-0.05, 0) is 13.8 Å². The highest BCUT2D eigenvalue weighted by molar-refractivity contribution is 5.26. The van der Waals surface area contributed by atoms with E-state index in [9.17, 15) is 0 Å². The van der Waals surface area contributed by atoms with Crippen molar-refractivity contribution in [3.05, 3.63) is 25.0 Å². The maximum absolute atomic E-state index is 5.32. The molecular weight excluding hydrogens is 190 g/mol. The number of methoxy groups -OCH3 is 1. The van der Waals surface area contributed by atoms with Gasteiger partial charge in [-0.15, -0.1) is 6.58 Å². The summed E-state index contributed by atoms with van der Waals surface area (Å²) in [5.74, 6) is 0.847. The van der Waals surface area contributed by atoms with Gasteiger partial charge in [-0.3, -0.25) is 0 Å². The normalized spacial score (nSPS) is 11.4. The monoisotopic (exact) mass is 209 g/mol. The molecule has 1 N–H and O–H groups in total. The molecular formula is C11H19N3O. The molecule has 0 radical (unpaired) electrons. The number of anilines is 1. The molecule has 1 aromatic heterocycles. The first-order chi connectivity index (χ1) is 7.09. The quantitative estimate of drug-likeness (QED) is 0.727. The fourth-order valence-electron chi connectivity index (χ4n) is 1.13. The van der Waals surface area contributed by atoms with Gasteiger partial charge in [-0.1, -0.05) is 6.08 Å². The maximum Gasteiger partial charge on any atom is 0.203 e. The molecule has 0 unspecified atom stereocenters. The van der Waals surface area contributed by atoms with Crippen molar-refractivity contribution >= 4 is 5.95 Å². The predicted octanol–water partition coefficient (Wildman–Crippen LogP) is 1.91. The molecule has 0 aromatic carbocycles. The third-order valence-corrected chi connectivity index (χ3v) is 2.27. The van der Waals surface area contributed by atoms with Crippen LogP contribution in [0.5, 0.6) is 0 Å². The van der Waals surface area contributed by atoms with Gasteiger partial charge in [0.2, 0.25) is 5.95 Å². The number of imidazole rings is 1. The molecule has 0 aliphatic heterocycles. The second kappa shape index (κ2) is 4.98. The van der Waals surface area contributed by atoms with Crippen LogP contribution in [0.2, 0.25) is 0 Å². The number of aromatic nitrogens is 2. The number of allylic oxidation sites excluding steroid dienone is 1. The summed E-state index contributed by atoms with van der Waals surface area (Å²) in [6, 6.07) is 0. The number of ether oxygens (including phenoxy) is 1. The molecule has 0 fully saturated rings. The van der Waals surface area contributed by atoms with Crippen LogP contribution in [0.1, 0.15) is 13.8 Å². The number of rotatable bonds is 6. The van der Waals surface area contributed by atoms with Gasteiger partial charge in [0.1, 0.15) is 0 Å². The van der Waals surface area contributed by atoms with E-state index in [1.54, 1.807) is 13.3 Å². The van der Waals surface area contributed by atoms with Crippen molar-refractivity contribution in [1.82, 2.24) is 9.55 Å². The zero-order valence-electron chi connectivity index (χ0n) is 9.66. The highest BCUT2D eigenvalue weighted by atomic mass is 16.5. The van der Waals surface area contributed by atoms with E-state index in [0.717, 1.165) is 19.0 Å². The van der Waals surface area contributed by atoms with Crippen LogP contribution < -0.4 is 5.32 Å². The lowest BCUT2D eigenvalue weighted by Gasteiger charge is -2.23. The van der Waals surface area contributed by atoms with Crippen molar-refractivity contribution < 1.29 is 4.74 Å². The summed E-state index contributed by atoms with van der Waals surface area (Å²) in [6.07, 6.45) is 5.53. The lowest BCUT2D eigenvalue weighted by Crippen LogP contribution is -2.32. The second-order valence-corrected chi connectivity index (χ2v) is 4.01. The lowest BCUT2D eigenvalue weighted by atomic mass is 10.1. The average molecular weight is 209 g/mol. The summed E-state index contributed by atoms with van der Waals surface area (Å²) in [7, 11) is 1.71. The van der Waals surface area contributed by atoms with Crippen LogP contribution in [-0.2, 0) is 11.3 Å². The van der Waals surface area contributed by atoms with Gasteiger partial charge in [-0.25, -0.2) is 4.98 Å². The first-order valence-electron chi connectivity index (χ1n) is 5.00. The van der Waals surface area contributed by atoms with Gasteiger partial charge < -0.3 is 14.6 Å². The Labute approximate surface area is 91.0 Å². The van der Waals surface area contributed by atoms with E-state index < -0.39 is 0 Å². The topological polar surface area (TPSA) is 39.1 Å². The van der Waals surface area contributed by atoms with Gasteiger partial charge in [-0.2, -0.15) is 0 Å². The van der Waals surface area contributed by atoms with Crippen LogP contribution >= 0.6 is 0 Å². The Kier molecular flexibility index (Phi) is 3.91. The lowest BCUT2D eigenvalue weighted by molar-refractivity contribution is 0.0342. The number of nitrogens with one attached hydrogen (secondary N) is 1. The zero-order chi connectivity index (χ0) is 11.3.